The van der Waals surface area contributed by atoms with E-state index in [1.165, 1.54) is 7.11 Å². The molecule has 3 rings (SSSR count). The summed E-state index contributed by atoms with van der Waals surface area (Å²) < 4.78 is 12.3. The first-order valence-corrected chi connectivity index (χ1v) is 8.02. The minimum Gasteiger partial charge on any atom is -0.465 e. The maximum Gasteiger partial charge on any atom is 0.341 e. The van der Waals surface area contributed by atoms with Crippen LogP contribution in [0.15, 0.2) is 53.2 Å². The molecule has 2 heterocycles. The Morgan fingerprint density at radius 1 is 1.28 bits per heavy atom. The first-order valence-electron chi connectivity index (χ1n) is 8.02. The fraction of sp³-hybridized carbons (Fsp3) is 0.263. The number of para-hydroxylation sites is 1. The van der Waals surface area contributed by atoms with E-state index < -0.39 is 0 Å². The van der Waals surface area contributed by atoms with Crippen LogP contribution in [0.25, 0.3) is 5.69 Å². The average Bonchev–Trinajstić information content (AvgIpc) is 3.21. The molecule has 0 spiro atoms. The van der Waals surface area contributed by atoms with Gasteiger partial charge in [0.15, 0.2) is 0 Å². The summed E-state index contributed by atoms with van der Waals surface area (Å²) in [5.74, 6) is 0.933. The Labute approximate surface area is 146 Å². The van der Waals surface area contributed by atoms with Gasteiger partial charge in [0.1, 0.15) is 17.1 Å². The van der Waals surface area contributed by atoms with Crippen molar-refractivity contribution in [3.63, 3.8) is 0 Å². The number of esters is 1. The van der Waals surface area contributed by atoms with Crippen molar-refractivity contribution in [3.8, 4) is 5.69 Å². The predicted molar refractivity (Wildman–Crippen MR) is 93.5 cm³/mol. The third-order valence-electron chi connectivity index (χ3n) is 3.91. The molecule has 1 aromatic carbocycles. The molecule has 0 saturated heterocycles. The van der Waals surface area contributed by atoms with Crippen LogP contribution in [-0.2, 0) is 17.8 Å². The topological polar surface area (TPSA) is 60.5 Å². The Morgan fingerprint density at radius 3 is 2.76 bits per heavy atom. The second kappa shape index (κ2) is 7.36. The van der Waals surface area contributed by atoms with E-state index in [9.17, 15) is 4.79 Å². The molecule has 2 aromatic heterocycles. The number of carbonyl (C=O) groups excluding carboxylic acids is 1. The van der Waals surface area contributed by atoms with Crippen molar-refractivity contribution in [3.05, 3.63) is 71.4 Å². The third-order valence-corrected chi connectivity index (χ3v) is 3.91. The molecule has 0 aliphatic rings. The summed E-state index contributed by atoms with van der Waals surface area (Å²) in [6.45, 7) is 3.08. The normalized spacial score (nSPS) is 11.0. The highest BCUT2D eigenvalue weighted by Crippen LogP contribution is 2.18. The number of furan rings is 1. The van der Waals surface area contributed by atoms with Crippen molar-refractivity contribution < 1.29 is 13.9 Å². The number of ether oxygens (including phenoxy) is 1. The number of hydrogen-bond acceptors (Lipinski definition) is 5. The zero-order valence-corrected chi connectivity index (χ0v) is 14.6. The summed E-state index contributed by atoms with van der Waals surface area (Å²) in [5, 5.41) is 4.40. The van der Waals surface area contributed by atoms with Crippen LogP contribution in [0.2, 0.25) is 0 Å². The van der Waals surface area contributed by atoms with Gasteiger partial charge in [-0.25, -0.2) is 9.48 Å². The van der Waals surface area contributed by atoms with E-state index in [4.69, 9.17) is 9.15 Å². The summed E-state index contributed by atoms with van der Waals surface area (Å²) in [4.78, 5) is 13.8. The zero-order chi connectivity index (χ0) is 17.8. The highest BCUT2D eigenvalue weighted by molar-refractivity contribution is 5.90. The summed E-state index contributed by atoms with van der Waals surface area (Å²) >= 11 is 0. The van der Waals surface area contributed by atoms with Crippen LogP contribution in [0.1, 0.15) is 27.4 Å². The van der Waals surface area contributed by atoms with Crippen molar-refractivity contribution in [1.29, 1.82) is 0 Å². The van der Waals surface area contributed by atoms with Gasteiger partial charge in [0.2, 0.25) is 0 Å². The molecule has 0 aliphatic carbocycles. The van der Waals surface area contributed by atoms with Crippen molar-refractivity contribution in [2.75, 3.05) is 14.2 Å². The molecule has 0 atom stereocenters. The van der Waals surface area contributed by atoms with E-state index >= 15 is 0 Å². The smallest absolute Gasteiger partial charge is 0.341 e. The average molecular weight is 339 g/mol. The Morgan fingerprint density at radius 2 is 2.04 bits per heavy atom. The molecule has 0 unspecified atom stereocenters. The van der Waals surface area contributed by atoms with Crippen LogP contribution in [0.5, 0.6) is 0 Å². The number of rotatable bonds is 6. The van der Waals surface area contributed by atoms with Gasteiger partial charge in [0, 0.05) is 18.3 Å². The molecule has 0 N–H and O–H groups in total. The number of carbonyl (C=O) groups is 1. The molecular weight excluding hydrogens is 318 g/mol. The minimum atomic E-state index is -0.376. The van der Waals surface area contributed by atoms with E-state index in [0.717, 1.165) is 23.6 Å². The second-order valence-corrected chi connectivity index (χ2v) is 5.98. The highest BCUT2D eigenvalue weighted by atomic mass is 16.5. The summed E-state index contributed by atoms with van der Waals surface area (Å²) in [6, 6.07) is 11.7. The van der Waals surface area contributed by atoms with Gasteiger partial charge in [0.25, 0.3) is 0 Å². The van der Waals surface area contributed by atoms with Gasteiger partial charge >= 0.3 is 5.97 Å². The molecule has 130 valence electrons. The number of aromatic nitrogens is 2. The maximum atomic E-state index is 11.7. The van der Waals surface area contributed by atoms with E-state index in [1.54, 1.807) is 13.0 Å². The molecule has 25 heavy (non-hydrogen) atoms. The summed E-state index contributed by atoms with van der Waals surface area (Å²) in [6.07, 6.45) is 3.87. The van der Waals surface area contributed by atoms with Gasteiger partial charge in [-0.05, 0) is 32.2 Å². The van der Waals surface area contributed by atoms with Gasteiger partial charge in [-0.1, -0.05) is 18.2 Å². The summed E-state index contributed by atoms with van der Waals surface area (Å²) in [7, 11) is 3.36. The van der Waals surface area contributed by atoms with Gasteiger partial charge < -0.3 is 9.15 Å². The third kappa shape index (κ3) is 3.97. The number of nitrogens with zero attached hydrogens (tertiary/aromatic N) is 3. The van der Waals surface area contributed by atoms with Crippen LogP contribution in [0.4, 0.5) is 0 Å². The van der Waals surface area contributed by atoms with E-state index in [-0.39, 0.29) is 5.97 Å². The Bertz CT molecular complexity index is 852. The Kier molecular flexibility index (Phi) is 5.00. The number of aryl methyl sites for hydroxylation is 1. The van der Waals surface area contributed by atoms with Gasteiger partial charge in [-0.2, -0.15) is 5.10 Å². The number of benzene rings is 1. The van der Waals surface area contributed by atoms with Crippen molar-refractivity contribution in [1.82, 2.24) is 14.7 Å². The van der Waals surface area contributed by atoms with Gasteiger partial charge in [-0.15, -0.1) is 0 Å². The molecule has 0 aliphatic heterocycles. The van der Waals surface area contributed by atoms with Crippen LogP contribution in [0, 0.1) is 6.92 Å². The quantitative estimate of drug-likeness (QED) is 0.646. The van der Waals surface area contributed by atoms with Gasteiger partial charge in [0.05, 0.1) is 25.5 Å². The van der Waals surface area contributed by atoms with E-state index in [0.29, 0.717) is 17.9 Å². The minimum absolute atomic E-state index is 0.376. The molecule has 0 bridgehead atoms. The van der Waals surface area contributed by atoms with Gasteiger partial charge in [-0.3, -0.25) is 4.90 Å². The number of hydrogen-bond donors (Lipinski definition) is 0. The molecule has 0 radical (unpaired) electrons. The standard InChI is InChI=1S/C19H21N3O3/c1-14-18(19(23)24-3)9-17(25-14)13-21(2)11-15-10-20-22(12-15)16-7-5-4-6-8-16/h4-10,12H,11,13H2,1-3H3. The lowest BCUT2D eigenvalue weighted by Gasteiger charge is -2.13. The van der Waals surface area contributed by atoms with Crippen molar-refractivity contribution in [2.24, 2.45) is 0 Å². The number of methoxy groups -OCH3 is 1. The molecule has 0 fully saturated rings. The lowest BCUT2D eigenvalue weighted by molar-refractivity contribution is 0.0599. The lowest BCUT2D eigenvalue weighted by Crippen LogP contribution is -2.16. The molecule has 0 saturated carbocycles. The first-order chi connectivity index (χ1) is 12.1. The molecule has 0 amide bonds. The zero-order valence-electron chi connectivity index (χ0n) is 14.6. The second-order valence-electron chi connectivity index (χ2n) is 5.98. The molecule has 3 aromatic rings. The molecular formula is C19H21N3O3. The summed E-state index contributed by atoms with van der Waals surface area (Å²) in [5.41, 5.74) is 2.60. The van der Waals surface area contributed by atoms with Crippen LogP contribution >= 0.6 is 0 Å². The fourth-order valence-electron chi connectivity index (χ4n) is 2.73. The van der Waals surface area contributed by atoms with Crippen LogP contribution in [0.3, 0.4) is 0 Å². The predicted octanol–water partition coefficient (Wildman–Crippen LogP) is 3.19. The van der Waals surface area contributed by atoms with Crippen molar-refractivity contribution >= 4 is 5.97 Å². The molecule has 6 nitrogen and oxygen atoms in total. The Hall–Kier alpha value is -2.86. The monoisotopic (exact) mass is 339 g/mol. The Balaban J connectivity index is 1.64. The SMILES string of the molecule is COC(=O)c1cc(CN(C)Cc2cnn(-c3ccccc3)c2)oc1C. The van der Waals surface area contributed by atoms with Crippen LogP contribution < -0.4 is 0 Å². The molecule has 6 heteroatoms. The van der Waals surface area contributed by atoms with E-state index in [2.05, 4.69) is 10.00 Å². The van der Waals surface area contributed by atoms with E-state index in [1.807, 2.05) is 54.5 Å². The first kappa shape index (κ1) is 17.0. The highest BCUT2D eigenvalue weighted by Gasteiger charge is 2.16. The lowest BCUT2D eigenvalue weighted by atomic mass is 10.2. The van der Waals surface area contributed by atoms with Crippen LogP contribution in [-0.4, -0.2) is 34.8 Å². The van der Waals surface area contributed by atoms with Crippen molar-refractivity contribution in [2.45, 2.75) is 20.0 Å². The fourth-order valence-corrected chi connectivity index (χ4v) is 2.73. The maximum absolute atomic E-state index is 11.7. The largest absolute Gasteiger partial charge is 0.465 e.